The lowest BCUT2D eigenvalue weighted by atomic mass is 9.99. The molecule has 0 amide bonds. The van der Waals surface area contributed by atoms with Crippen LogP contribution in [0.15, 0.2) is 54.7 Å². The molecule has 0 aliphatic rings. The molecule has 4 nitrogen and oxygen atoms in total. The highest BCUT2D eigenvalue weighted by atomic mass is 19.4. The van der Waals surface area contributed by atoms with E-state index in [1.54, 1.807) is 12.1 Å². The van der Waals surface area contributed by atoms with Crippen molar-refractivity contribution in [2.24, 2.45) is 0 Å². The van der Waals surface area contributed by atoms with Gasteiger partial charge in [-0.2, -0.15) is 18.2 Å². The van der Waals surface area contributed by atoms with Gasteiger partial charge < -0.3 is 10.6 Å². The largest absolute Gasteiger partial charge is 0.421 e. The number of benzene rings is 2. The Hall–Kier alpha value is -3.09. The summed E-state index contributed by atoms with van der Waals surface area (Å²) in [5.74, 6) is 0.238. The highest BCUT2D eigenvalue weighted by Gasteiger charge is 2.35. The van der Waals surface area contributed by atoms with E-state index >= 15 is 0 Å². The molecule has 1 aromatic heterocycles. The van der Waals surface area contributed by atoms with Crippen LogP contribution in [0.1, 0.15) is 42.9 Å². The summed E-state index contributed by atoms with van der Waals surface area (Å²) in [7, 11) is 0. The van der Waals surface area contributed by atoms with Crippen molar-refractivity contribution in [3.05, 3.63) is 71.4 Å². The van der Waals surface area contributed by atoms with Crippen LogP contribution in [-0.2, 0) is 6.18 Å². The molecule has 1 atom stereocenters. The molecule has 29 heavy (non-hydrogen) atoms. The average Bonchev–Trinajstić information content (AvgIpc) is 2.69. The number of anilines is 4. The molecule has 0 saturated heterocycles. The zero-order chi connectivity index (χ0) is 21.0. The van der Waals surface area contributed by atoms with Gasteiger partial charge in [-0.1, -0.05) is 44.2 Å². The molecule has 0 spiro atoms. The number of aryl methyl sites for hydroxylation is 1. The molecule has 7 heteroatoms. The first-order valence-electron chi connectivity index (χ1n) is 9.41. The molecule has 0 fully saturated rings. The average molecular weight is 400 g/mol. The van der Waals surface area contributed by atoms with Gasteiger partial charge in [-0.25, -0.2) is 4.98 Å². The van der Waals surface area contributed by atoms with E-state index in [4.69, 9.17) is 0 Å². The molecule has 0 saturated carbocycles. The molecule has 2 N–H and O–H groups in total. The number of aromatic nitrogens is 2. The Morgan fingerprint density at radius 3 is 2.31 bits per heavy atom. The minimum atomic E-state index is -4.57. The highest BCUT2D eigenvalue weighted by molar-refractivity contribution is 5.65. The van der Waals surface area contributed by atoms with Crippen molar-refractivity contribution < 1.29 is 13.2 Å². The van der Waals surface area contributed by atoms with Crippen LogP contribution < -0.4 is 10.6 Å². The first kappa shape index (κ1) is 20.6. The van der Waals surface area contributed by atoms with Gasteiger partial charge >= 0.3 is 6.18 Å². The van der Waals surface area contributed by atoms with Crippen LogP contribution in [0.5, 0.6) is 0 Å². The van der Waals surface area contributed by atoms with Crippen molar-refractivity contribution in [2.45, 2.75) is 39.3 Å². The molecule has 0 aliphatic carbocycles. The number of rotatable bonds is 6. The number of nitrogens with one attached hydrogen (secondary N) is 2. The molecule has 2 aromatic carbocycles. The molecule has 0 radical (unpaired) electrons. The van der Waals surface area contributed by atoms with Crippen LogP contribution in [0.4, 0.5) is 36.3 Å². The van der Waals surface area contributed by atoms with Gasteiger partial charge in [0.2, 0.25) is 5.95 Å². The van der Waals surface area contributed by atoms with E-state index < -0.39 is 11.7 Å². The first-order chi connectivity index (χ1) is 13.8. The SMILES string of the molecule is CCC(C)c1ccc(Nc2ncc(C(F)(F)F)c(Nc3ccccc3C)n2)cc1. The molecular weight excluding hydrogens is 377 g/mol. The Morgan fingerprint density at radius 2 is 1.69 bits per heavy atom. The fourth-order valence-electron chi connectivity index (χ4n) is 2.85. The maximum atomic E-state index is 13.4. The molecule has 3 rings (SSSR count). The van der Waals surface area contributed by atoms with E-state index in [2.05, 4.69) is 34.4 Å². The van der Waals surface area contributed by atoms with Crippen LogP contribution in [0.25, 0.3) is 0 Å². The van der Waals surface area contributed by atoms with Gasteiger partial charge in [-0.3, -0.25) is 0 Å². The summed E-state index contributed by atoms with van der Waals surface area (Å²) in [6, 6.07) is 14.8. The summed E-state index contributed by atoms with van der Waals surface area (Å²) < 4.78 is 40.3. The number of para-hydroxylation sites is 1. The van der Waals surface area contributed by atoms with Gasteiger partial charge in [-0.15, -0.1) is 0 Å². The van der Waals surface area contributed by atoms with Crippen LogP contribution in [0.3, 0.4) is 0 Å². The predicted molar refractivity (Wildman–Crippen MR) is 110 cm³/mol. The summed E-state index contributed by atoms with van der Waals surface area (Å²) >= 11 is 0. The van der Waals surface area contributed by atoms with Gasteiger partial charge in [0.1, 0.15) is 11.4 Å². The second-order valence-corrected chi connectivity index (χ2v) is 6.95. The van der Waals surface area contributed by atoms with Crippen molar-refractivity contribution in [1.29, 1.82) is 0 Å². The molecule has 1 heterocycles. The Labute approximate surface area is 168 Å². The van der Waals surface area contributed by atoms with Crippen molar-refractivity contribution >= 4 is 23.1 Å². The van der Waals surface area contributed by atoms with Crippen molar-refractivity contribution in [2.75, 3.05) is 10.6 Å². The lowest BCUT2D eigenvalue weighted by Gasteiger charge is -2.16. The summed E-state index contributed by atoms with van der Waals surface area (Å²) in [6.07, 6.45) is -2.74. The first-order valence-corrected chi connectivity index (χ1v) is 9.41. The third-order valence-corrected chi connectivity index (χ3v) is 4.84. The van der Waals surface area contributed by atoms with Crippen LogP contribution >= 0.6 is 0 Å². The summed E-state index contributed by atoms with van der Waals surface area (Å²) in [5.41, 5.74) is 2.36. The van der Waals surface area contributed by atoms with Gasteiger partial charge in [0.25, 0.3) is 0 Å². The normalized spacial score (nSPS) is 12.5. The van der Waals surface area contributed by atoms with Crippen molar-refractivity contribution in [1.82, 2.24) is 9.97 Å². The fourth-order valence-corrected chi connectivity index (χ4v) is 2.85. The molecule has 1 unspecified atom stereocenters. The fraction of sp³-hybridized carbons (Fsp3) is 0.273. The topological polar surface area (TPSA) is 49.8 Å². The third kappa shape index (κ3) is 5.04. The third-order valence-electron chi connectivity index (χ3n) is 4.84. The zero-order valence-electron chi connectivity index (χ0n) is 16.5. The van der Waals surface area contributed by atoms with Crippen molar-refractivity contribution in [3.8, 4) is 0 Å². The smallest absolute Gasteiger partial charge is 0.339 e. The Bertz CT molecular complexity index is 969. The Morgan fingerprint density at radius 1 is 1.00 bits per heavy atom. The van der Waals surface area contributed by atoms with E-state index in [1.165, 1.54) is 5.56 Å². The van der Waals surface area contributed by atoms with Gasteiger partial charge in [-0.05, 0) is 48.6 Å². The Balaban J connectivity index is 1.89. The monoisotopic (exact) mass is 400 g/mol. The highest BCUT2D eigenvalue weighted by Crippen LogP contribution is 2.35. The molecular formula is C22H23F3N4. The number of alkyl halides is 3. The van der Waals surface area contributed by atoms with E-state index in [9.17, 15) is 13.2 Å². The zero-order valence-corrected chi connectivity index (χ0v) is 16.5. The van der Waals surface area contributed by atoms with Crippen LogP contribution in [0, 0.1) is 6.92 Å². The minimum Gasteiger partial charge on any atom is -0.339 e. The number of nitrogens with zero attached hydrogens (tertiary/aromatic N) is 2. The van der Waals surface area contributed by atoms with E-state index in [0.717, 1.165) is 18.2 Å². The molecule has 0 bridgehead atoms. The summed E-state index contributed by atoms with van der Waals surface area (Å²) in [6.45, 7) is 6.08. The second-order valence-electron chi connectivity index (χ2n) is 6.95. The quantitative estimate of drug-likeness (QED) is 0.477. The summed E-state index contributed by atoms with van der Waals surface area (Å²) in [5, 5.41) is 5.77. The standard InChI is InChI=1S/C22H23F3N4/c1-4-14(2)16-9-11-17(12-10-16)27-21-26-13-18(22(23,24)25)20(29-21)28-19-8-6-5-7-15(19)3/h5-14H,4H2,1-3H3,(H2,26,27,28,29). The molecule has 152 valence electrons. The van der Waals surface area contributed by atoms with Gasteiger partial charge in [0, 0.05) is 17.6 Å². The maximum absolute atomic E-state index is 13.4. The molecule has 0 aliphatic heterocycles. The molecule has 3 aromatic rings. The lowest BCUT2D eigenvalue weighted by Crippen LogP contribution is -2.13. The number of hydrogen-bond acceptors (Lipinski definition) is 4. The Kier molecular flexibility index (Phi) is 6.06. The maximum Gasteiger partial charge on any atom is 0.421 e. The lowest BCUT2D eigenvalue weighted by molar-refractivity contribution is -0.137. The predicted octanol–water partition coefficient (Wildman–Crippen LogP) is 6.80. The van der Waals surface area contributed by atoms with E-state index in [0.29, 0.717) is 17.3 Å². The van der Waals surface area contributed by atoms with Gasteiger partial charge in [0.05, 0.1) is 0 Å². The summed E-state index contributed by atoms with van der Waals surface area (Å²) in [4.78, 5) is 7.95. The van der Waals surface area contributed by atoms with E-state index in [1.807, 2.05) is 43.3 Å². The number of halogens is 3. The number of hydrogen-bond donors (Lipinski definition) is 2. The van der Waals surface area contributed by atoms with Crippen LogP contribution in [-0.4, -0.2) is 9.97 Å². The van der Waals surface area contributed by atoms with Crippen LogP contribution in [0.2, 0.25) is 0 Å². The van der Waals surface area contributed by atoms with Crippen molar-refractivity contribution in [3.63, 3.8) is 0 Å². The van der Waals surface area contributed by atoms with Gasteiger partial charge in [0.15, 0.2) is 0 Å². The van der Waals surface area contributed by atoms with E-state index in [-0.39, 0.29) is 11.8 Å². The second kappa shape index (κ2) is 8.51. The minimum absolute atomic E-state index is 0.0883.